The Labute approximate surface area is 355 Å². The summed E-state index contributed by atoms with van der Waals surface area (Å²) in [6.45, 7) is 2.51. The lowest BCUT2D eigenvalue weighted by Gasteiger charge is -2.21. The molecule has 15 heteroatoms. The Bertz CT molecular complexity index is 1170. The van der Waals surface area contributed by atoms with Crippen molar-refractivity contribution in [3.63, 3.8) is 0 Å². The van der Waals surface area contributed by atoms with Gasteiger partial charge in [-0.25, -0.2) is 4.57 Å². The molecule has 1 rings (SSSR count). The lowest BCUT2D eigenvalue weighted by atomic mass is 9.88. The van der Waals surface area contributed by atoms with Crippen molar-refractivity contribution in [1.29, 1.82) is 0 Å². The van der Waals surface area contributed by atoms with Crippen LogP contribution in [0.3, 0.4) is 0 Å². The number of carboxylic acids is 1. The second-order valence-electron chi connectivity index (χ2n) is 16.5. The predicted octanol–water partition coefficient (Wildman–Crippen LogP) is 8.44. The first-order chi connectivity index (χ1) is 28.3. The van der Waals surface area contributed by atoms with Crippen LogP contribution in [0.1, 0.15) is 187 Å². The van der Waals surface area contributed by atoms with Gasteiger partial charge in [-0.3, -0.25) is 23.4 Å². The Balaban J connectivity index is 2.44. The van der Waals surface area contributed by atoms with E-state index in [1.807, 2.05) is 6.08 Å². The smallest absolute Gasteiger partial charge is 0.472 e. The normalized spacial score (nSPS) is 20.7. The first kappa shape index (κ1) is 55.1. The van der Waals surface area contributed by atoms with Gasteiger partial charge in [0.05, 0.1) is 31.5 Å². The molecule has 0 amide bonds. The van der Waals surface area contributed by atoms with Gasteiger partial charge in [0.2, 0.25) is 0 Å². The van der Waals surface area contributed by atoms with E-state index in [-0.39, 0.29) is 24.7 Å². The molecule has 0 bridgehead atoms. The van der Waals surface area contributed by atoms with Crippen molar-refractivity contribution in [1.82, 2.24) is 0 Å². The minimum absolute atomic E-state index is 0.0986. The molecule has 1 fully saturated rings. The maximum absolute atomic E-state index is 12.7. The van der Waals surface area contributed by atoms with Gasteiger partial charge in [-0.05, 0) is 31.6 Å². The van der Waals surface area contributed by atoms with Crippen LogP contribution in [-0.2, 0) is 37.5 Å². The first-order valence-corrected chi connectivity index (χ1v) is 24.5. The lowest BCUT2D eigenvalue weighted by Crippen LogP contribution is -2.34. The summed E-state index contributed by atoms with van der Waals surface area (Å²) in [6, 6.07) is -1.55. The molecule has 0 saturated heterocycles. The number of esters is 2. The molecule has 7 N–H and O–H groups in total. The first-order valence-electron chi connectivity index (χ1n) is 23.0. The highest BCUT2D eigenvalue weighted by Crippen LogP contribution is 2.43. The Kier molecular flexibility index (Phi) is 32.4. The fraction of sp³-hybridized carbons (Fsp3) is 0.886. The minimum Gasteiger partial charge on any atom is -0.480 e. The van der Waals surface area contributed by atoms with Crippen LogP contribution >= 0.6 is 7.82 Å². The molecule has 0 aromatic carbocycles. The van der Waals surface area contributed by atoms with E-state index in [1.165, 1.54) is 70.6 Å². The Morgan fingerprint density at radius 3 is 1.75 bits per heavy atom. The van der Waals surface area contributed by atoms with Crippen molar-refractivity contribution in [3.05, 3.63) is 12.2 Å². The molecule has 0 aliphatic heterocycles. The third-order valence-corrected chi connectivity index (χ3v) is 12.1. The van der Waals surface area contributed by atoms with Gasteiger partial charge >= 0.3 is 25.7 Å². The summed E-state index contributed by atoms with van der Waals surface area (Å²) in [7, 11) is -4.77. The fourth-order valence-corrected chi connectivity index (χ4v) is 8.23. The molecular weight excluding hydrogens is 781 g/mol. The molecule has 0 heterocycles. The molecule has 1 saturated carbocycles. The average Bonchev–Trinajstić information content (AvgIpc) is 3.47. The number of aliphatic carboxylic acids is 1. The zero-order valence-electron chi connectivity index (χ0n) is 36.4. The van der Waals surface area contributed by atoms with E-state index in [9.17, 15) is 39.2 Å². The molecule has 346 valence electrons. The summed E-state index contributed by atoms with van der Waals surface area (Å²) in [5.74, 6) is -2.86. The maximum atomic E-state index is 12.7. The average molecular weight is 864 g/mol. The Hall–Kier alpha value is -1.90. The van der Waals surface area contributed by atoms with Crippen molar-refractivity contribution in [3.8, 4) is 0 Å². The predicted molar refractivity (Wildman–Crippen MR) is 228 cm³/mol. The number of nitrogens with two attached hydrogens (primary N) is 1. The molecule has 8 atom stereocenters. The van der Waals surface area contributed by atoms with Crippen molar-refractivity contribution in [2.75, 3.05) is 19.8 Å². The van der Waals surface area contributed by atoms with Gasteiger partial charge in [0.25, 0.3) is 0 Å². The summed E-state index contributed by atoms with van der Waals surface area (Å²) >= 11 is 0. The van der Waals surface area contributed by atoms with Gasteiger partial charge in [-0.1, -0.05) is 154 Å². The summed E-state index contributed by atoms with van der Waals surface area (Å²) in [6.07, 6.45) is 26.2. The minimum atomic E-state index is -4.77. The van der Waals surface area contributed by atoms with E-state index in [2.05, 4.69) is 18.4 Å². The number of ether oxygens (including phenoxy) is 2. The van der Waals surface area contributed by atoms with Crippen LogP contribution < -0.4 is 5.73 Å². The molecule has 0 spiro atoms. The molecule has 1 aliphatic rings. The van der Waals surface area contributed by atoms with E-state index >= 15 is 0 Å². The van der Waals surface area contributed by atoms with Crippen molar-refractivity contribution in [2.45, 2.75) is 218 Å². The Morgan fingerprint density at radius 2 is 1.19 bits per heavy atom. The van der Waals surface area contributed by atoms with Gasteiger partial charge in [-0.15, -0.1) is 0 Å². The summed E-state index contributed by atoms with van der Waals surface area (Å²) in [5.41, 5.74) is 5.33. The highest BCUT2D eigenvalue weighted by molar-refractivity contribution is 7.47. The van der Waals surface area contributed by atoms with E-state index in [4.69, 9.17) is 24.8 Å². The van der Waals surface area contributed by atoms with Crippen LogP contribution in [-0.4, -0.2) is 93.5 Å². The molecule has 0 radical (unpaired) electrons. The highest BCUT2D eigenvalue weighted by Gasteiger charge is 2.39. The van der Waals surface area contributed by atoms with E-state index < -0.39 is 76.0 Å². The standard InChI is InChI=1S/C44H82NO13P/c1-3-5-7-8-9-10-11-12-13-14-15-16-17-18-24-28-43(50)58-36(33-56-59(53,54)57-34-39(45)44(51)52)32-55-42(49)27-23-20-19-22-26-37-38(41(48)31-40(37)47)30-29-35(46)25-21-6-4-2/h29-30,35-41,46-48H,3-28,31-34,45H2,1-2H3,(H,51,52)(H,53,54)/b30-29+/t35-,36+,37+,38+,39-,40-,41+/m0/s1. The quantitative estimate of drug-likeness (QED) is 0.0147. The Morgan fingerprint density at radius 1 is 0.695 bits per heavy atom. The van der Waals surface area contributed by atoms with E-state index in [1.54, 1.807) is 6.08 Å². The van der Waals surface area contributed by atoms with Crippen LogP contribution in [0.25, 0.3) is 0 Å². The molecule has 0 aromatic heterocycles. The topological polar surface area (TPSA) is 232 Å². The van der Waals surface area contributed by atoms with Crippen LogP contribution in [0.5, 0.6) is 0 Å². The summed E-state index contributed by atoms with van der Waals surface area (Å²) < 4.78 is 32.7. The van der Waals surface area contributed by atoms with Gasteiger partial charge in [0, 0.05) is 25.2 Å². The lowest BCUT2D eigenvalue weighted by molar-refractivity contribution is -0.161. The molecule has 59 heavy (non-hydrogen) atoms. The number of phosphoric acid groups is 1. The number of hydrogen-bond acceptors (Lipinski definition) is 12. The molecule has 1 unspecified atom stereocenters. The largest absolute Gasteiger partial charge is 0.480 e. The molecule has 0 aromatic rings. The van der Waals surface area contributed by atoms with Crippen molar-refractivity contribution in [2.24, 2.45) is 17.6 Å². The monoisotopic (exact) mass is 864 g/mol. The zero-order valence-corrected chi connectivity index (χ0v) is 37.3. The highest BCUT2D eigenvalue weighted by atomic mass is 31.2. The van der Waals surface area contributed by atoms with Crippen molar-refractivity contribution < 1.29 is 62.8 Å². The fourth-order valence-electron chi connectivity index (χ4n) is 7.46. The van der Waals surface area contributed by atoms with E-state index in [0.29, 0.717) is 32.1 Å². The van der Waals surface area contributed by atoms with E-state index in [0.717, 1.165) is 57.8 Å². The number of hydrogen-bond donors (Lipinski definition) is 6. The maximum Gasteiger partial charge on any atom is 0.472 e. The number of phosphoric ester groups is 1. The number of carbonyl (C=O) groups excluding carboxylic acids is 2. The molecular formula is C44H82NO13P. The number of aliphatic hydroxyl groups excluding tert-OH is 3. The summed E-state index contributed by atoms with van der Waals surface area (Å²) in [4.78, 5) is 46.2. The van der Waals surface area contributed by atoms with Crippen LogP contribution in [0.15, 0.2) is 12.2 Å². The molecule has 14 nitrogen and oxygen atoms in total. The number of carboxylic acid groups (broad SMARTS) is 1. The number of rotatable bonds is 39. The van der Waals surface area contributed by atoms with Gasteiger partial charge in [-0.2, -0.15) is 0 Å². The van der Waals surface area contributed by atoms with Crippen LogP contribution in [0.2, 0.25) is 0 Å². The molecule has 1 aliphatic carbocycles. The van der Waals surface area contributed by atoms with Gasteiger partial charge in [0.1, 0.15) is 12.6 Å². The second kappa shape index (κ2) is 34.7. The SMILES string of the molecule is CCCCCCCCCCCCCCCCCC(=O)O[C@H](COC(=O)CCCCCC[C@@H]1[C@@H](/C=C/[C@@H](O)CCCCC)[C@H](O)C[C@@H]1O)COP(=O)(O)OC[C@H](N)C(=O)O. The summed E-state index contributed by atoms with van der Waals surface area (Å²) in [5, 5.41) is 40.3. The number of unbranched alkanes of at least 4 members (excludes halogenated alkanes) is 19. The van der Waals surface area contributed by atoms with Crippen molar-refractivity contribution >= 4 is 25.7 Å². The van der Waals surface area contributed by atoms with Gasteiger partial charge < -0.3 is 40.5 Å². The number of aliphatic hydroxyl groups is 3. The third kappa shape index (κ3) is 29.1. The second-order valence-corrected chi connectivity index (χ2v) is 18.0. The number of carbonyl (C=O) groups is 3. The third-order valence-electron chi connectivity index (χ3n) is 11.1. The zero-order chi connectivity index (χ0) is 43.7. The van der Waals surface area contributed by atoms with Crippen LogP contribution in [0, 0.1) is 11.8 Å². The van der Waals surface area contributed by atoms with Crippen LogP contribution in [0.4, 0.5) is 0 Å². The van der Waals surface area contributed by atoms with Gasteiger partial charge in [0.15, 0.2) is 6.10 Å².